The molecule has 19 heavy (non-hydrogen) atoms. The third-order valence-electron chi connectivity index (χ3n) is 3.19. The molecule has 3 nitrogen and oxygen atoms in total. The number of ether oxygens (including phenoxy) is 1. The normalized spacial score (nSPS) is 15.0. The van der Waals surface area contributed by atoms with Gasteiger partial charge in [-0.3, -0.25) is 0 Å². The van der Waals surface area contributed by atoms with Crippen molar-refractivity contribution in [2.75, 3.05) is 13.2 Å². The Labute approximate surface area is 111 Å². The van der Waals surface area contributed by atoms with Crippen molar-refractivity contribution in [3.8, 4) is 17.0 Å². The van der Waals surface area contributed by atoms with Gasteiger partial charge in [0.25, 0.3) is 0 Å². The maximum Gasteiger partial charge on any atom is 0.218 e. The lowest BCUT2D eigenvalue weighted by Crippen LogP contribution is -2.21. The van der Waals surface area contributed by atoms with E-state index in [0.29, 0.717) is 19.0 Å². The number of rotatable bonds is 1. The number of aromatic nitrogens is 1. The standard InChI is InChI=1S/C15H15FN2O/c16-12-4-1-3-11(9-12)13-5-7-18-15-14(13)10-17-6-2-8-19-15/h1,3-5,7,9,17H,2,6,8,10H2. The third-order valence-corrected chi connectivity index (χ3v) is 3.19. The molecule has 3 rings (SSSR count). The zero-order valence-corrected chi connectivity index (χ0v) is 10.5. The minimum absolute atomic E-state index is 0.234. The molecule has 2 aromatic rings. The summed E-state index contributed by atoms with van der Waals surface area (Å²) in [5, 5.41) is 3.35. The SMILES string of the molecule is Fc1cccc(-c2ccnc3c2CNCCCO3)c1. The average Bonchev–Trinajstić information content (AvgIpc) is 2.39. The summed E-state index contributed by atoms with van der Waals surface area (Å²) in [6.07, 6.45) is 2.67. The van der Waals surface area contributed by atoms with Gasteiger partial charge >= 0.3 is 0 Å². The fraction of sp³-hybridized carbons (Fsp3) is 0.267. The fourth-order valence-electron chi connectivity index (χ4n) is 2.27. The largest absolute Gasteiger partial charge is 0.477 e. The molecule has 0 atom stereocenters. The Kier molecular flexibility index (Phi) is 3.42. The van der Waals surface area contributed by atoms with Gasteiger partial charge in [0, 0.05) is 18.3 Å². The molecule has 0 saturated carbocycles. The highest BCUT2D eigenvalue weighted by Gasteiger charge is 2.14. The highest BCUT2D eigenvalue weighted by Crippen LogP contribution is 2.30. The van der Waals surface area contributed by atoms with Crippen LogP contribution in [0.15, 0.2) is 36.5 Å². The monoisotopic (exact) mass is 258 g/mol. The second kappa shape index (κ2) is 5.36. The second-order valence-corrected chi connectivity index (χ2v) is 4.53. The number of pyridine rings is 1. The van der Waals surface area contributed by atoms with Gasteiger partial charge < -0.3 is 10.1 Å². The van der Waals surface area contributed by atoms with Crippen molar-refractivity contribution in [2.24, 2.45) is 0 Å². The smallest absolute Gasteiger partial charge is 0.218 e. The number of nitrogens with one attached hydrogen (secondary N) is 1. The van der Waals surface area contributed by atoms with E-state index in [2.05, 4.69) is 10.3 Å². The van der Waals surface area contributed by atoms with Crippen molar-refractivity contribution in [3.05, 3.63) is 47.9 Å². The van der Waals surface area contributed by atoms with Gasteiger partial charge in [0.05, 0.1) is 6.61 Å². The van der Waals surface area contributed by atoms with Crippen LogP contribution >= 0.6 is 0 Å². The summed E-state index contributed by atoms with van der Waals surface area (Å²) in [5.74, 6) is 0.414. The topological polar surface area (TPSA) is 34.2 Å². The van der Waals surface area contributed by atoms with Gasteiger partial charge in [-0.1, -0.05) is 12.1 Å². The number of nitrogens with zero attached hydrogens (tertiary/aromatic N) is 1. The molecule has 0 saturated heterocycles. The average molecular weight is 258 g/mol. The summed E-state index contributed by atoms with van der Waals surface area (Å²) in [6, 6.07) is 8.50. The van der Waals surface area contributed by atoms with E-state index in [1.54, 1.807) is 12.3 Å². The van der Waals surface area contributed by atoms with Gasteiger partial charge in [-0.2, -0.15) is 0 Å². The number of halogens is 1. The zero-order chi connectivity index (χ0) is 13.1. The van der Waals surface area contributed by atoms with Crippen LogP contribution in [0.4, 0.5) is 4.39 Å². The number of hydrogen-bond acceptors (Lipinski definition) is 3. The van der Waals surface area contributed by atoms with Crippen LogP contribution < -0.4 is 10.1 Å². The summed E-state index contributed by atoms with van der Waals surface area (Å²) in [7, 11) is 0. The van der Waals surface area contributed by atoms with Crippen molar-refractivity contribution in [2.45, 2.75) is 13.0 Å². The molecule has 1 aromatic heterocycles. The molecule has 0 amide bonds. The maximum absolute atomic E-state index is 13.4. The Morgan fingerprint density at radius 2 is 2.21 bits per heavy atom. The quantitative estimate of drug-likeness (QED) is 0.854. The van der Waals surface area contributed by atoms with Crippen molar-refractivity contribution in [1.29, 1.82) is 0 Å². The lowest BCUT2D eigenvalue weighted by atomic mass is 10.0. The van der Waals surface area contributed by atoms with Crippen LogP contribution in [0.1, 0.15) is 12.0 Å². The van der Waals surface area contributed by atoms with E-state index in [4.69, 9.17) is 4.74 Å². The highest BCUT2D eigenvalue weighted by atomic mass is 19.1. The number of benzene rings is 1. The Balaban J connectivity index is 2.08. The summed E-state index contributed by atoms with van der Waals surface area (Å²) in [4.78, 5) is 4.27. The maximum atomic E-state index is 13.4. The first kappa shape index (κ1) is 12.1. The molecule has 0 aliphatic carbocycles. The minimum Gasteiger partial charge on any atom is -0.477 e. The molecule has 0 fully saturated rings. The lowest BCUT2D eigenvalue weighted by Gasteiger charge is -2.18. The third kappa shape index (κ3) is 2.58. The van der Waals surface area contributed by atoms with E-state index < -0.39 is 0 Å². The van der Waals surface area contributed by atoms with E-state index in [9.17, 15) is 4.39 Å². The van der Waals surface area contributed by atoms with Crippen LogP contribution in [0.5, 0.6) is 5.88 Å². The van der Waals surface area contributed by atoms with Crippen molar-refractivity contribution in [3.63, 3.8) is 0 Å². The van der Waals surface area contributed by atoms with Crippen molar-refractivity contribution >= 4 is 0 Å². The van der Waals surface area contributed by atoms with Crippen LogP contribution in [0, 0.1) is 5.82 Å². The van der Waals surface area contributed by atoms with Gasteiger partial charge in [0.15, 0.2) is 0 Å². The molecule has 0 bridgehead atoms. The number of hydrogen-bond donors (Lipinski definition) is 1. The molecule has 4 heteroatoms. The van der Waals surface area contributed by atoms with E-state index >= 15 is 0 Å². The van der Waals surface area contributed by atoms with Crippen LogP contribution in [0.25, 0.3) is 11.1 Å². The molecular formula is C15H15FN2O. The summed E-state index contributed by atoms with van der Waals surface area (Å²) in [6.45, 7) is 2.26. The molecule has 0 spiro atoms. The van der Waals surface area contributed by atoms with E-state index in [-0.39, 0.29) is 5.82 Å². The summed E-state index contributed by atoms with van der Waals surface area (Å²) in [5.41, 5.74) is 2.82. The molecule has 1 aliphatic rings. The van der Waals surface area contributed by atoms with Crippen molar-refractivity contribution < 1.29 is 9.13 Å². The molecule has 2 heterocycles. The van der Waals surface area contributed by atoms with E-state index in [1.807, 2.05) is 12.1 Å². The Bertz CT molecular complexity index is 586. The number of fused-ring (bicyclic) bond motifs is 1. The first-order valence-corrected chi connectivity index (χ1v) is 6.42. The van der Waals surface area contributed by atoms with Gasteiger partial charge in [-0.05, 0) is 42.3 Å². The first-order valence-electron chi connectivity index (χ1n) is 6.42. The Morgan fingerprint density at radius 1 is 1.26 bits per heavy atom. The summed E-state index contributed by atoms with van der Waals surface area (Å²) < 4.78 is 19.0. The van der Waals surface area contributed by atoms with Crippen LogP contribution in [0.2, 0.25) is 0 Å². The summed E-state index contributed by atoms with van der Waals surface area (Å²) >= 11 is 0. The highest BCUT2D eigenvalue weighted by molar-refractivity contribution is 5.69. The lowest BCUT2D eigenvalue weighted by molar-refractivity contribution is 0.284. The molecule has 1 aliphatic heterocycles. The minimum atomic E-state index is -0.234. The van der Waals surface area contributed by atoms with Gasteiger partial charge in [0.1, 0.15) is 5.82 Å². The fourth-order valence-corrected chi connectivity index (χ4v) is 2.27. The first-order chi connectivity index (χ1) is 9.34. The Hall–Kier alpha value is -1.94. The molecule has 1 aromatic carbocycles. The Morgan fingerprint density at radius 3 is 3.11 bits per heavy atom. The van der Waals surface area contributed by atoms with E-state index in [0.717, 1.165) is 29.7 Å². The molecule has 0 unspecified atom stereocenters. The zero-order valence-electron chi connectivity index (χ0n) is 10.5. The molecule has 98 valence electrons. The molecule has 1 N–H and O–H groups in total. The van der Waals surface area contributed by atoms with Gasteiger partial charge in [-0.15, -0.1) is 0 Å². The molecular weight excluding hydrogens is 243 g/mol. The predicted molar refractivity (Wildman–Crippen MR) is 71.4 cm³/mol. The van der Waals surface area contributed by atoms with Crippen LogP contribution in [-0.2, 0) is 6.54 Å². The van der Waals surface area contributed by atoms with Gasteiger partial charge in [-0.25, -0.2) is 9.37 Å². The van der Waals surface area contributed by atoms with Crippen LogP contribution in [0.3, 0.4) is 0 Å². The predicted octanol–water partition coefficient (Wildman–Crippen LogP) is 2.76. The van der Waals surface area contributed by atoms with Gasteiger partial charge in [0.2, 0.25) is 5.88 Å². The van der Waals surface area contributed by atoms with Crippen LogP contribution in [-0.4, -0.2) is 18.1 Å². The molecule has 0 radical (unpaired) electrons. The van der Waals surface area contributed by atoms with E-state index in [1.165, 1.54) is 12.1 Å². The second-order valence-electron chi connectivity index (χ2n) is 4.53. The van der Waals surface area contributed by atoms with Crippen molar-refractivity contribution in [1.82, 2.24) is 10.3 Å².